The number of alkyl halides is 3. The predicted octanol–water partition coefficient (Wildman–Crippen LogP) is 2.29. The quantitative estimate of drug-likeness (QED) is 0.483. The van der Waals surface area contributed by atoms with E-state index in [0.717, 1.165) is 6.07 Å². The molecule has 0 aliphatic heterocycles. The van der Waals surface area contributed by atoms with Crippen molar-refractivity contribution >= 4 is 16.4 Å². The first-order valence-corrected chi connectivity index (χ1v) is 6.21. The maximum Gasteiger partial charge on any atom is 0.534 e. The highest BCUT2D eigenvalue weighted by atomic mass is 32.2. The van der Waals surface area contributed by atoms with Crippen LogP contribution in [0.3, 0.4) is 0 Å². The lowest BCUT2D eigenvalue weighted by atomic mass is 10.1. The first-order valence-electron chi connectivity index (χ1n) is 4.80. The molecule has 0 N–H and O–H groups in total. The summed E-state index contributed by atoms with van der Waals surface area (Å²) in [5.74, 6) is -0.623. The van der Waals surface area contributed by atoms with Gasteiger partial charge in [0.25, 0.3) is 0 Å². The van der Waals surface area contributed by atoms with Gasteiger partial charge in [0.2, 0.25) is 0 Å². The van der Waals surface area contributed by atoms with Crippen molar-refractivity contribution in [1.82, 2.24) is 0 Å². The lowest BCUT2D eigenvalue weighted by molar-refractivity contribution is -0.0500. The Bertz CT molecular complexity index is 549. The van der Waals surface area contributed by atoms with Gasteiger partial charge in [-0.3, -0.25) is 4.79 Å². The van der Waals surface area contributed by atoms with Crippen molar-refractivity contribution in [1.29, 1.82) is 0 Å². The lowest BCUT2D eigenvalue weighted by Crippen LogP contribution is -2.28. The number of rotatable bonds is 4. The van der Waals surface area contributed by atoms with Crippen molar-refractivity contribution < 1.29 is 30.6 Å². The van der Waals surface area contributed by atoms with Gasteiger partial charge >= 0.3 is 15.6 Å². The molecule has 0 heterocycles. The Balaban J connectivity index is 3.22. The summed E-state index contributed by atoms with van der Waals surface area (Å²) >= 11 is 0. The van der Waals surface area contributed by atoms with Crippen molar-refractivity contribution in [3.05, 3.63) is 29.3 Å². The molecular weight excluding hydrogens is 273 g/mol. The van der Waals surface area contributed by atoms with E-state index in [2.05, 4.69) is 4.18 Å². The first-order chi connectivity index (χ1) is 8.21. The normalized spacial score (nSPS) is 12.2. The van der Waals surface area contributed by atoms with Gasteiger partial charge in [0.05, 0.1) is 5.56 Å². The highest BCUT2D eigenvalue weighted by Crippen LogP contribution is 2.29. The summed E-state index contributed by atoms with van der Waals surface area (Å²) in [6, 6.07) is 3.79. The van der Waals surface area contributed by atoms with Gasteiger partial charge in [-0.2, -0.15) is 21.6 Å². The molecule has 0 saturated heterocycles. The third-order valence-corrected chi connectivity index (χ3v) is 3.06. The van der Waals surface area contributed by atoms with Crippen LogP contribution in [-0.4, -0.2) is 20.2 Å². The molecule has 8 heteroatoms. The van der Waals surface area contributed by atoms with Crippen molar-refractivity contribution in [2.24, 2.45) is 0 Å². The van der Waals surface area contributed by atoms with Crippen LogP contribution >= 0.6 is 0 Å². The standard InChI is InChI=1S/C10H9F3O4S/c1-2-7-3-4-8(6-14)9(5-7)17-18(15,16)10(11,12)13/h3-6H,2H2,1H3. The largest absolute Gasteiger partial charge is 0.534 e. The van der Waals surface area contributed by atoms with E-state index in [1.54, 1.807) is 6.92 Å². The number of hydrogen-bond acceptors (Lipinski definition) is 4. The van der Waals surface area contributed by atoms with E-state index >= 15 is 0 Å². The molecule has 0 aliphatic carbocycles. The van der Waals surface area contributed by atoms with Gasteiger partial charge in [0.15, 0.2) is 12.0 Å². The molecule has 0 atom stereocenters. The zero-order chi connectivity index (χ0) is 14.0. The maximum atomic E-state index is 12.1. The van der Waals surface area contributed by atoms with Crippen LogP contribution in [0.4, 0.5) is 13.2 Å². The van der Waals surface area contributed by atoms with E-state index in [-0.39, 0.29) is 11.8 Å². The average molecular weight is 282 g/mol. The molecule has 0 amide bonds. The molecule has 0 unspecified atom stereocenters. The smallest absolute Gasteiger partial charge is 0.375 e. The Labute approximate surface area is 101 Å². The fourth-order valence-electron chi connectivity index (χ4n) is 1.13. The van der Waals surface area contributed by atoms with E-state index in [0.29, 0.717) is 12.0 Å². The Morgan fingerprint density at radius 1 is 1.33 bits per heavy atom. The fourth-order valence-corrected chi connectivity index (χ4v) is 1.61. The van der Waals surface area contributed by atoms with Crippen LogP contribution in [0.25, 0.3) is 0 Å². The van der Waals surface area contributed by atoms with Crippen molar-refractivity contribution in [3.8, 4) is 5.75 Å². The lowest BCUT2D eigenvalue weighted by Gasteiger charge is -2.11. The van der Waals surface area contributed by atoms with Gasteiger partial charge in [-0.15, -0.1) is 0 Å². The van der Waals surface area contributed by atoms with E-state index in [1.807, 2.05) is 0 Å². The Kier molecular flexibility index (Phi) is 4.00. The highest BCUT2D eigenvalue weighted by Gasteiger charge is 2.48. The van der Waals surface area contributed by atoms with Crippen LogP contribution in [0.15, 0.2) is 18.2 Å². The Hall–Kier alpha value is -1.57. The molecule has 0 radical (unpaired) electrons. The number of carbonyl (C=O) groups is 1. The number of aldehydes is 1. The van der Waals surface area contributed by atoms with Gasteiger partial charge in [0, 0.05) is 0 Å². The summed E-state index contributed by atoms with van der Waals surface area (Å²) in [6.45, 7) is 1.72. The zero-order valence-corrected chi connectivity index (χ0v) is 10.0. The minimum absolute atomic E-state index is 0.223. The van der Waals surface area contributed by atoms with Crippen molar-refractivity contribution in [2.45, 2.75) is 18.9 Å². The summed E-state index contributed by atoms with van der Waals surface area (Å²) in [4.78, 5) is 10.6. The van der Waals surface area contributed by atoms with Crippen molar-refractivity contribution in [2.75, 3.05) is 0 Å². The van der Waals surface area contributed by atoms with E-state index in [4.69, 9.17) is 0 Å². The highest BCUT2D eigenvalue weighted by molar-refractivity contribution is 7.88. The van der Waals surface area contributed by atoms with Gasteiger partial charge in [-0.25, -0.2) is 0 Å². The molecule has 100 valence electrons. The Morgan fingerprint density at radius 2 is 1.94 bits per heavy atom. The van der Waals surface area contributed by atoms with Crippen LogP contribution in [-0.2, 0) is 16.5 Å². The van der Waals surface area contributed by atoms with E-state index in [1.165, 1.54) is 12.1 Å². The third-order valence-electron chi connectivity index (χ3n) is 2.10. The van der Waals surface area contributed by atoms with Gasteiger partial charge in [-0.05, 0) is 24.1 Å². The van der Waals surface area contributed by atoms with Crippen molar-refractivity contribution in [3.63, 3.8) is 0 Å². The number of benzene rings is 1. The molecule has 1 aromatic rings. The summed E-state index contributed by atoms with van der Waals surface area (Å²) in [7, 11) is -5.77. The van der Waals surface area contributed by atoms with Crippen LogP contribution < -0.4 is 4.18 Å². The molecule has 18 heavy (non-hydrogen) atoms. The Morgan fingerprint density at radius 3 is 2.39 bits per heavy atom. The summed E-state index contributed by atoms with van der Waals surface area (Å²) in [6.07, 6.45) is 0.683. The zero-order valence-electron chi connectivity index (χ0n) is 9.19. The molecule has 0 saturated carbocycles. The molecule has 1 aromatic carbocycles. The van der Waals surface area contributed by atoms with Gasteiger partial charge < -0.3 is 4.18 Å². The number of halogens is 3. The first kappa shape index (κ1) is 14.5. The van der Waals surface area contributed by atoms with Crippen LogP contribution in [0.5, 0.6) is 5.75 Å². The molecule has 0 spiro atoms. The molecule has 0 bridgehead atoms. The fraction of sp³-hybridized carbons (Fsp3) is 0.300. The maximum absolute atomic E-state index is 12.1. The molecule has 4 nitrogen and oxygen atoms in total. The topological polar surface area (TPSA) is 60.4 Å². The monoisotopic (exact) mass is 282 g/mol. The van der Waals surface area contributed by atoms with E-state index < -0.39 is 21.4 Å². The molecular formula is C10H9F3O4S. The number of carbonyl (C=O) groups excluding carboxylic acids is 1. The minimum Gasteiger partial charge on any atom is -0.375 e. The van der Waals surface area contributed by atoms with Crippen LogP contribution in [0.1, 0.15) is 22.8 Å². The van der Waals surface area contributed by atoms with E-state index in [9.17, 15) is 26.4 Å². The van der Waals surface area contributed by atoms with Crippen LogP contribution in [0, 0.1) is 0 Å². The second-order valence-electron chi connectivity index (χ2n) is 3.33. The molecule has 0 aliphatic rings. The molecule has 1 rings (SSSR count). The number of hydrogen-bond donors (Lipinski definition) is 0. The van der Waals surface area contributed by atoms with Crippen LogP contribution in [0.2, 0.25) is 0 Å². The average Bonchev–Trinajstić information content (AvgIpc) is 2.26. The number of aryl methyl sites for hydroxylation is 1. The summed E-state index contributed by atoms with van der Waals surface area (Å²) < 4.78 is 62.0. The molecule has 0 fully saturated rings. The second-order valence-corrected chi connectivity index (χ2v) is 4.86. The second kappa shape index (κ2) is 4.97. The van der Waals surface area contributed by atoms with Gasteiger partial charge in [-0.1, -0.05) is 13.0 Å². The SMILES string of the molecule is CCc1ccc(C=O)c(OS(=O)(=O)C(F)(F)F)c1. The van der Waals surface area contributed by atoms with Gasteiger partial charge in [0.1, 0.15) is 0 Å². The summed E-state index contributed by atoms with van der Waals surface area (Å²) in [5.41, 5.74) is -5.25. The molecule has 0 aromatic heterocycles. The third kappa shape index (κ3) is 3.00. The predicted molar refractivity (Wildman–Crippen MR) is 56.8 cm³/mol. The minimum atomic E-state index is -5.77. The summed E-state index contributed by atoms with van der Waals surface area (Å²) in [5, 5.41) is 0.